The SMILES string of the molecule is C/C=C/C[N+](C)(C)CC(=O)OCCc1ccccc1. The number of esters is 1. The average molecular weight is 262 g/mol. The van der Waals surface area contributed by atoms with Crippen molar-refractivity contribution in [3.05, 3.63) is 48.0 Å². The van der Waals surface area contributed by atoms with E-state index in [1.165, 1.54) is 5.56 Å². The molecule has 0 bridgehead atoms. The van der Waals surface area contributed by atoms with E-state index in [1.807, 2.05) is 57.4 Å². The minimum Gasteiger partial charge on any atom is -0.461 e. The molecule has 1 aromatic carbocycles. The van der Waals surface area contributed by atoms with Crippen molar-refractivity contribution in [2.75, 3.05) is 33.8 Å². The summed E-state index contributed by atoms with van der Waals surface area (Å²) in [7, 11) is 4.05. The molecule has 1 rings (SSSR count). The summed E-state index contributed by atoms with van der Waals surface area (Å²) in [6.07, 6.45) is 4.84. The van der Waals surface area contributed by atoms with Gasteiger partial charge in [-0.3, -0.25) is 0 Å². The number of carbonyl (C=O) groups excluding carboxylic acids is 1. The third kappa shape index (κ3) is 6.77. The van der Waals surface area contributed by atoms with Gasteiger partial charge in [-0.25, -0.2) is 4.79 Å². The first-order valence-electron chi connectivity index (χ1n) is 6.66. The zero-order chi connectivity index (χ0) is 14.1. The fraction of sp³-hybridized carbons (Fsp3) is 0.438. The third-order valence-electron chi connectivity index (χ3n) is 2.89. The molecule has 0 saturated carbocycles. The first-order chi connectivity index (χ1) is 9.03. The average Bonchev–Trinajstić information content (AvgIpc) is 2.37. The molecule has 0 aliphatic rings. The molecule has 3 heteroatoms. The lowest BCUT2D eigenvalue weighted by Gasteiger charge is -2.27. The molecule has 0 aromatic heterocycles. The number of carbonyl (C=O) groups is 1. The number of benzene rings is 1. The Kier molecular flexibility index (Phi) is 6.30. The van der Waals surface area contributed by atoms with Crippen LogP contribution in [0.15, 0.2) is 42.5 Å². The van der Waals surface area contributed by atoms with Gasteiger partial charge in [0.1, 0.15) is 0 Å². The van der Waals surface area contributed by atoms with Gasteiger partial charge in [-0.05, 0) is 18.6 Å². The number of hydrogen-bond donors (Lipinski definition) is 0. The van der Waals surface area contributed by atoms with Crippen LogP contribution in [-0.4, -0.2) is 44.2 Å². The van der Waals surface area contributed by atoms with E-state index in [4.69, 9.17) is 4.74 Å². The van der Waals surface area contributed by atoms with Gasteiger partial charge < -0.3 is 9.22 Å². The first-order valence-corrected chi connectivity index (χ1v) is 6.66. The predicted octanol–water partition coefficient (Wildman–Crippen LogP) is 2.42. The maximum Gasteiger partial charge on any atom is 0.361 e. The second kappa shape index (κ2) is 7.74. The van der Waals surface area contributed by atoms with Crippen molar-refractivity contribution in [3.63, 3.8) is 0 Å². The van der Waals surface area contributed by atoms with Crippen molar-refractivity contribution < 1.29 is 14.0 Å². The highest BCUT2D eigenvalue weighted by atomic mass is 16.5. The molecule has 0 spiro atoms. The number of likely N-dealkylation sites (N-methyl/N-ethyl adjacent to an activating group) is 1. The Hall–Kier alpha value is -1.61. The number of hydrogen-bond acceptors (Lipinski definition) is 2. The summed E-state index contributed by atoms with van der Waals surface area (Å²) in [5, 5.41) is 0. The van der Waals surface area contributed by atoms with Gasteiger partial charge in [0.2, 0.25) is 0 Å². The van der Waals surface area contributed by atoms with Crippen molar-refractivity contribution in [1.82, 2.24) is 0 Å². The Morgan fingerprint density at radius 1 is 1.26 bits per heavy atom. The maximum atomic E-state index is 11.8. The molecule has 0 saturated heterocycles. The molecule has 3 nitrogen and oxygen atoms in total. The zero-order valence-corrected chi connectivity index (χ0v) is 12.1. The number of quaternary nitrogens is 1. The second-order valence-electron chi connectivity index (χ2n) is 5.30. The van der Waals surface area contributed by atoms with E-state index in [0.717, 1.165) is 13.0 Å². The van der Waals surface area contributed by atoms with Gasteiger partial charge in [-0.15, -0.1) is 0 Å². The van der Waals surface area contributed by atoms with Gasteiger partial charge in [0, 0.05) is 6.42 Å². The van der Waals surface area contributed by atoms with Crippen LogP contribution in [0.1, 0.15) is 12.5 Å². The first kappa shape index (κ1) is 15.4. The monoisotopic (exact) mass is 262 g/mol. The zero-order valence-electron chi connectivity index (χ0n) is 12.1. The molecule has 0 aliphatic heterocycles. The molecule has 0 radical (unpaired) electrons. The van der Waals surface area contributed by atoms with Gasteiger partial charge in [0.05, 0.1) is 27.2 Å². The minimum absolute atomic E-state index is 0.134. The lowest BCUT2D eigenvalue weighted by Crippen LogP contribution is -2.44. The van der Waals surface area contributed by atoms with Gasteiger partial charge >= 0.3 is 5.97 Å². The molecule has 0 atom stereocenters. The van der Waals surface area contributed by atoms with Crippen molar-refractivity contribution in [2.24, 2.45) is 0 Å². The highest BCUT2D eigenvalue weighted by Gasteiger charge is 2.19. The summed E-state index contributed by atoms with van der Waals surface area (Å²) in [6.45, 7) is 3.67. The minimum atomic E-state index is -0.134. The molecule has 104 valence electrons. The van der Waals surface area contributed by atoms with E-state index in [2.05, 4.69) is 6.08 Å². The lowest BCUT2D eigenvalue weighted by atomic mass is 10.2. The van der Waals surface area contributed by atoms with Crippen LogP contribution in [0.3, 0.4) is 0 Å². The van der Waals surface area contributed by atoms with Gasteiger partial charge in [0.15, 0.2) is 6.54 Å². The van der Waals surface area contributed by atoms with Crippen LogP contribution < -0.4 is 0 Å². The molecular weight excluding hydrogens is 238 g/mol. The topological polar surface area (TPSA) is 26.3 Å². The molecule has 0 aliphatic carbocycles. The van der Waals surface area contributed by atoms with Crippen LogP contribution in [-0.2, 0) is 16.0 Å². The maximum absolute atomic E-state index is 11.8. The van der Waals surface area contributed by atoms with Crippen molar-refractivity contribution >= 4 is 5.97 Å². The largest absolute Gasteiger partial charge is 0.461 e. The van der Waals surface area contributed by atoms with E-state index >= 15 is 0 Å². The van der Waals surface area contributed by atoms with E-state index in [-0.39, 0.29) is 5.97 Å². The van der Waals surface area contributed by atoms with Gasteiger partial charge in [-0.2, -0.15) is 0 Å². The van der Waals surface area contributed by atoms with E-state index in [0.29, 0.717) is 17.6 Å². The van der Waals surface area contributed by atoms with Crippen molar-refractivity contribution in [2.45, 2.75) is 13.3 Å². The molecular formula is C16H24NO2+. The third-order valence-corrected chi connectivity index (χ3v) is 2.89. The fourth-order valence-corrected chi connectivity index (χ4v) is 1.78. The smallest absolute Gasteiger partial charge is 0.361 e. The van der Waals surface area contributed by atoms with Crippen LogP contribution >= 0.6 is 0 Å². The second-order valence-corrected chi connectivity index (χ2v) is 5.30. The summed E-state index contributed by atoms with van der Waals surface area (Å²) < 4.78 is 5.90. The van der Waals surface area contributed by atoms with E-state index in [9.17, 15) is 4.79 Å². The Balaban J connectivity index is 2.28. The summed E-state index contributed by atoms with van der Waals surface area (Å²) in [5.41, 5.74) is 1.19. The van der Waals surface area contributed by atoms with Crippen molar-refractivity contribution in [3.8, 4) is 0 Å². The molecule has 0 N–H and O–H groups in total. The molecule has 0 fully saturated rings. The molecule has 0 amide bonds. The van der Waals surface area contributed by atoms with E-state index in [1.54, 1.807) is 0 Å². The quantitative estimate of drug-likeness (QED) is 0.428. The summed E-state index contributed by atoms with van der Waals surface area (Å²) in [4.78, 5) is 11.8. The molecule has 19 heavy (non-hydrogen) atoms. The van der Waals surface area contributed by atoms with Crippen LogP contribution in [0.25, 0.3) is 0 Å². The van der Waals surface area contributed by atoms with E-state index < -0.39 is 0 Å². The highest BCUT2D eigenvalue weighted by molar-refractivity contribution is 5.70. The molecule has 1 aromatic rings. The fourth-order valence-electron chi connectivity index (χ4n) is 1.78. The predicted molar refractivity (Wildman–Crippen MR) is 77.8 cm³/mol. The number of rotatable bonds is 7. The Bertz CT molecular complexity index is 410. The standard InChI is InChI=1S/C16H24NO2/c1-4-5-12-17(2,3)14-16(18)19-13-11-15-9-7-6-8-10-15/h4-10H,11-14H2,1-3H3/q+1/b5-4+. The summed E-state index contributed by atoms with van der Waals surface area (Å²) in [6, 6.07) is 10.1. The molecule has 0 unspecified atom stereocenters. The van der Waals surface area contributed by atoms with Crippen LogP contribution in [0.2, 0.25) is 0 Å². The van der Waals surface area contributed by atoms with Gasteiger partial charge in [-0.1, -0.05) is 36.4 Å². The number of allylic oxidation sites excluding steroid dienone is 1. The molecule has 0 heterocycles. The number of ether oxygens (including phenoxy) is 1. The highest BCUT2D eigenvalue weighted by Crippen LogP contribution is 2.02. The summed E-state index contributed by atoms with van der Waals surface area (Å²) in [5.74, 6) is -0.134. The normalized spacial score (nSPS) is 11.7. The van der Waals surface area contributed by atoms with Gasteiger partial charge in [0.25, 0.3) is 0 Å². The lowest BCUT2D eigenvalue weighted by molar-refractivity contribution is -0.877. The Labute approximate surface area is 116 Å². The van der Waals surface area contributed by atoms with Crippen LogP contribution in [0, 0.1) is 0 Å². The van der Waals surface area contributed by atoms with Crippen molar-refractivity contribution in [1.29, 1.82) is 0 Å². The number of nitrogens with zero attached hydrogens (tertiary/aromatic N) is 1. The van der Waals surface area contributed by atoms with Crippen LogP contribution in [0.5, 0.6) is 0 Å². The van der Waals surface area contributed by atoms with Crippen LogP contribution in [0.4, 0.5) is 0 Å². The summed E-state index contributed by atoms with van der Waals surface area (Å²) >= 11 is 0. The Morgan fingerprint density at radius 2 is 1.95 bits per heavy atom. The Morgan fingerprint density at radius 3 is 2.58 bits per heavy atom.